The lowest BCUT2D eigenvalue weighted by Crippen LogP contribution is -2.37. The minimum atomic E-state index is -0.0395. The molecule has 0 bridgehead atoms. The Labute approximate surface area is 169 Å². The summed E-state index contributed by atoms with van der Waals surface area (Å²) >= 11 is 7.55. The van der Waals surface area contributed by atoms with Gasteiger partial charge in [0.1, 0.15) is 5.76 Å². The van der Waals surface area contributed by atoms with Crippen LogP contribution in [0.4, 0.5) is 0 Å². The smallest absolute Gasteiger partial charge is 0.213 e. The summed E-state index contributed by atoms with van der Waals surface area (Å²) in [5.41, 5.74) is -0.0395. The molecule has 8 heteroatoms. The van der Waals surface area contributed by atoms with Crippen molar-refractivity contribution in [1.29, 1.82) is 0 Å². The van der Waals surface area contributed by atoms with Crippen molar-refractivity contribution >= 4 is 52.9 Å². The zero-order valence-corrected chi connectivity index (χ0v) is 18.5. The van der Waals surface area contributed by atoms with Gasteiger partial charge in [-0.3, -0.25) is 4.99 Å². The van der Waals surface area contributed by atoms with Crippen LogP contribution in [0.25, 0.3) is 0 Å². The molecule has 0 radical (unpaired) electrons. The maximum Gasteiger partial charge on any atom is 0.213 e. The molecule has 1 N–H and O–H groups in total. The first-order valence-corrected chi connectivity index (χ1v) is 8.60. The maximum absolute atomic E-state index is 5.97. The van der Waals surface area contributed by atoms with E-state index in [0.717, 1.165) is 22.6 Å². The van der Waals surface area contributed by atoms with E-state index in [0.29, 0.717) is 12.4 Å². The van der Waals surface area contributed by atoms with Gasteiger partial charge >= 0.3 is 0 Å². The minimum Gasteiger partial charge on any atom is -0.443 e. The number of aromatic nitrogens is 1. The van der Waals surface area contributed by atoms with Crippen molar-refractivity contribution in [3.8, 4) is 0 Å². The average molecular weight is 483 g/mol. The summed E-state index contributed by atoms with van der Waals surface area (Å²) in [5, 5.41) is 3.27. The van der Waals surface area contributed by atoms with Crippen LogP contribution >= 0.6 is 46.9 Å². The maximum atomic E-state index is 5.97. The van der Waals surface area contributed by atoms with Crippen LogP contribution in [0.5, 0.6) is 0 Å². The number of rotatable bonds is 4. The SMILES string of the molecule is CN=C(NCc1ncc(C(C)(C)C)o1)N(C)Cc1ccc(Cl)s1.I. The Hall–Kier alpha value is -0.800. The van der Waals surface area contributed by atoms with E-state index in [9.17, 15) is 0 Å². The van der Waals surface area contributed by atoms with Crippen molar-refractivity contribution in [2.24, 2.45) is 4.99 Å². The van der Waals surface area contributed by atoms with E-state index in [4.69, 9.17) is 16.0 Å². The van der Waals surface area contributed by atoms with E-state index < -0.39 is 0 Å². The van der Waals surface area contributed by atoms with E-state index in [-0.39, 0.29) is 29.4 Å². The zero-order chi connectivity index (χ0) is 17.0. The number of hydrogen-bond acceptors (Lipinski definition) is 4. The molecule has 24 heavy (non-hydrogen) atoms. The lowest BCUT2D eigenvalue weighted by molar-refractivity contribution is 0.376. The van der Waals surface area contributed by atoms with Crippen LogP contribution in [0.3, 0.4) is 0 Å². The van der Waals surface area contributed by atoms with Gasteiger partial charge in [0.15, 0.2) is 5.96 Å². The van der Waals surface area contributed by atoms with Gasteiger partial charge in [-0.2, -0.15) is 0 Å². The monoisotopic (exact) mass is 482 g/mol. The van der Waals surface area contributed by atoms with Crippen LogP contribution < -0.4 is 5.32 Å². The van der Waals surface area contributed by atoms with Gasteiger partial charge in [-0.25, -0.2) is 4.98 Å². The summed E-state index contributed by atoms with van der Waals surface area (Å²) in [7, 11) is 3.75. The van der Waals surface area contributed by atoms with Crippen molar-refractivity contribution < 1.29 is 4.42 Å². The predicted molar refractivity (Wildman–Crippen MR) is 112 cm³/mol. The molecule has 0 aliphatic heterocycles. The number of thiophene rings is 1. The lowest BCUT2D eigenvalue weighted by atomic mass is 9.94. The summed E-state index contributed by atoms with van der Waals surface area (Å²) in [4.78, 5) is 11.8. The number of guanidine groups is 1. The molecule has 0 aliphatic rings. The summed E-state index contributed by atoms with van der Waals surface area (Å²) < 4.78 is 6.58. The number of oxazole rings is 1. The number of halogens is 2. The van der Waals surface area contributed by atoms with Gasteiger partial charge in [-0.15, -0.1) is 35.3 Å². The molecule has 0 saturated heterocycles. The summed E-state index contributed by atoms with van der Waals surface area (Å²) in [6.45, 7) is 7.55. The molecule has 2 heterocycles. The molecule has 0 aliphatic carbocycles. The van der Waals surface area contributed by atoms with Gasteiger partial charge in [-0.1, -0.05) is 32.4 Å². The average Bonchev–Trinajstić information content (AvgIpc) is 3.08. The van der Waals surface area contributed by atoms with Gasteiger partial charge in [0.2, 0.25) is 5.89 Å². The second-order valence-corrected chi connectivity index (χ2v) is 8.13. The molecule has 0 atom stereocenters. The Morgan fingerprint density at radius 3 is 2.62 bits per heavy atom. The first-order chi connectivity index (χ1) is 10.8. The highest BCUT2D eigenvalue weighted by Gasteiger charge is 2.19. The van der Waals surface area contributed by atoms with E-state index in [1.165, 1.54) is 4.88 Å². The fourth-order valence-electron chi connectivity index (χ4n) is 2.02. The molecular weight excluding hydrogens is 459 g/mol. The first-order valence-electron chi connectivity index (χ1n) is 7.41. The van der Waals surface area contributed by atoms with E-state index >= 15 is 0 Å². The molecule has 2 aromatic heterocycles. The Balaban J connectivity index is 0.00000288. The highest BCUT2D eigenvalue weighted by molar-refractivity contribution is 14.0. The van der Waals surface area contributed by atoms with Gasteiger partial charge < -0.3 is 14.6 Å². The van der Waals surface area contributed by atoms with Gasteiger partial charge in [-0.05, 0) is 12.1 Å². The molecule has 0 aromatic carbocycles. The third-order valence-electron chi connectivity index (χ3n) is 3.29. The molecule has 2 aromatic rings. The van der Waals surface area contributed by atoms with Crippen LogP contribution in [0, 0.1) is 0 Å². The molecule has 0 amide bonds. The lowest BCUT2D eigenvalue weighted by Gasteiger charge is -2.20. The third kappa shape index (κ3) is 5.93. The van der Waals surface area contributed by atoms with Crippen molar-refractivity contribution in [2.45, 2.75) is 39.3 Å². The topological polar surface area (TPSA) is 53.7 Å². The van der Waals surface area contributed by atoms with E-state index in [1.807, 2.05) is 24.1 Å². The Morgan fingerprint density at radius 1 is 1.42 bits per heavy atom. The first kappa shape index (κ1) is 21.2. The van der Waals surface area contributed by atoms with E-state index in [1.54, 1.807) is 24.6 Å². The van der Waals surface area contributed by atoms with Crippen LogP contribution in [-0.2, 0) is 18.5 Å². The van der Waals surface area contributed by atoms with Crippen molar-refractivity contribution in [3.05, 3.63) is 39.2 Å². The second kappa shape index (κ2) is 9.05. The summed E-state index contributed by atoms with van der Waals surface area (Å²) in [5.74, 6) is 2.32. The van der Waals surface area contributed by atoms with Gasteiger partial charge in [0, 0.05) is 24.4 Å². The number of hydrogen-bond donors (Lipinski definition) is 1. The molecule has 5 nitrogen and oxygen atoms in total. The van der Waals surface area contributed by atoms with E-state index in [2.05, 4.69) is 36.1 Å². The highest BCUT2D eigenvalue weighted by Crippen LogP contribution is 2.23. The zero-order valence-electron chi connectivity index (χ0n) is 14.6. The molecule has 134 valence electrons. The summed E-state index contributed by atoms with van der Waals surface area (Å²) in [6.07, 6.45) is 1.79. The third-order valence-corrected chi connectivity index (χ3v) is 4.50. The Bertz CT molecular complexity index is 678. The predicted octanol–water partition coefficient (Wildman–Crippen LogP) is 4.51. The fraction of sp³-hybridized carbons (Fsp3) is 0.500. The van der Waals surface area contributed by atoms with Crippen LogP contribution in [-0.4, -0.2) is 29.9 Å². The van der Waals surface area contributed by atoms with Gasteiger partial charge in [0.05, 0.1) is 23.6 Å². The minimum absolute atomic E-state index is 0. The molecule has 2 rings (SSSR count). The number of aliphatic imine (C=N–C) groups is 1. The van der Waals surface area contributed by atoms with Crippen LogP contribution in [0.1, 0.15) is 37.3 Å². The molecular formula is C16H24ClIN4OS. The standard InChI is InChI=1S/C16H23ClN4OS.HI/c1-16(2,3)12-8-19-14(22-12)9-20-15(18-4)21(5)10-11-6-7-13(17)23-11;/h6-8H,9-10H2,1-5H3,(H,18,20);1H. The Kier molecular flexibility index (Phi) is 8.01. The number of nitrogens with one attached hydrogen (secondary N) is 1. The van der Waals surface area contributed by atoms with Crippen molar-refractivity contribution in [1.82, 2.24) is 15.2 Å². The second-order valence-electron chi connectivity index (χ2n) is 6.33. The molecule has 0 saturated carbocycles. The number of nitrogens with zero attached hydrogens (tertiary/aromatic N) is 3. The van der Waals surface area contributed by atoms with Crippen molar-refractivity contribution in [3.63, 3.8) is 0 Å². The van der Waals surface area contributed by atoms with Crippen molar-refractivity contribution in [2.75, 3.05) is 14.1 Å². The quantitative estimate of drug-likeness (QED) is 0.396. The molecule has 0 spiro atoms. The van der Waals surface area contributed by atoms with Crippen LogP contribution in [0.2, 0.25) is 4.34 Å². The highest BCUT2D eigenvalue weighted by atomic mass is 127. The normalized spacial score (nSPS) is 12.0. The van der Waals surface area contributed by atoms with Gasteiger partial charge in [0.25, 0.3) is 0 Å². The Morgan fingerprint density at radius 2 is 2.12 bits per heavy atom. The summed E-state index contributed by atoms with van der Waals surface area (Å²) in [6, 6.07) is 3.94. The van der Waals surface area contributed by atoms with Crippen LogP contribution in [0.15, 0.2) is 27.7 Å². The fourth-order valence-corrected chi connectivity index (χ4v) is 3.16. The molecule has 0 unspecified atom stereocenters. The molecule has 0 fully saturated rings. The largest absolute Gasteiger partial charge is 0.443 e.